The van der Waals surface area contributed by atoms with Crippen LogP contribution in [0.15, 0.2) is 72.9 Å². The van der Waals surface area contributed by atoms with Crippen molar-refractivity contribution in [2.75, 3.05) is 18.0 Å². The van der Waals surface area contributed by atoms with Gasteiger partial charge in [-0.2, -0.15) is 0 Å². The number of anilines is 1. The van der Waals surface area contributed by atoms with Crippen molar-refractivity contribution in [2.45, 2.75) is 32.7 Å². The molecular weight excluding hydrogens is 464 g/mol. The molecule has 1 saturated heterocycles. The standard InChI is InChI=1S/C27H28N10/c1-2-24-29-9-12-36(24)26-25-21(7-8-30-26)32-27(33-25)37-22(6-5-20-23(37)16-31-34-20)19-13-18(14-28-15-19)17-35-10-3-4-11-35/h5-9,12-16,31,34H,2-4,10-11,17H2,1H3,(H,32,33). The number of H-pyrrole nitrogens is 1. The van der Waals surface area contributed by atoms with Crippen LogP contribution in [-0.4, -0.2) is 47.5 Å². The number of hydrazine groups is 1. The third-order valence-corrected chi connectivity index (χ3v) is 7.12. The Bertz CT molecular complexity index is 1570. The summed E-state index contributed by atoms with van der Waals surface area (Å²) in [5.74, 6) is 2.42. The van der Waals surface area contributed by atoms with E-state index >= 15 is 0 Å². The fourth-order valence-electron chi connectivity index (χ4n) is 5.35. The number of aryl methyl sites for hydroxylation is 1. The van der Waals surface area contributed by atoms with Crippen LogP contribution in [0.25, 0.3) is 22.5 Å². The van der Waals surface area contributed by atoms with Crippen LogP contribution in [0.4, 0.5) is 5.95 Å². The highest BCUT2D eigenvalue weighted by Crippen LogP contribution is 2.36. The second-order valence-electron chi connectivity index (χ2n) is 9.49. The van der Waals surface area contributed by atoms with Gasteiger partial charge in [0.1, 0.15) is 11.3 Å². The van der Waals surface area contributed by atoms with Gasteiger partial charge in [-0.1, -0.05) is 6.92 Å². The number of pyridine rings is 2. The van der Waals surface area contributed by atoms with E-state index in [1.165, 1.54) is 18.4 Å². The number of likely N-dealkylation sites (tertiary alicyclic amines) is 1. The Kier molecular flexibility index (Phi) is 5.24. The molecule has 4 aromatic rings. The van der Waals surface area contributed by atoms with E-state index in [-0.39, 0.29) is 0 Å². The maximum Gasteiger partial charge on any atom is 0.213 e. The van der Waals surface area contributed by atoms with E-state index in [1.54, 1.807) is 12.4 Å². The van der Waals surface area contributed by atoms with Gasteiger partial charge in [0, 0.05) is 55.7 Å². The second-order valence-corrected chi connectivity index (χ2v) is 9.49. The molecule has 10 nitrogen and oxygen atoms in total. The zero-order valence-corrected chi connectivity index (χ0v) is 20.6. The predicted molar refractivity (Wildman–Crippen MR) is 142 cm³/mol. The van der Waals surface area contributed by atoms with E-state index in [2.05, 4.69) is 65.7 Å². The van der Waals surface area contributed by atoms with Crippen molar-refractivity contribution in [3.05, 3.63) is 89.8 Å². The minimum Gasteiger partial charge on any atom is -0.323 e. The molecule has 186 valence electrons. The lowest BCUT2D eigenvalue weighted by atomic mass is 10.1. The number of aromatic nitrogens is 6. The van der Waals surface area contributed by atoms with Crippen molar-refractivity contribution in [2.24, 2.45) is 0 Å². The Morgan fingerprint density at radius 1 is 1.03 bits per heavy atom. The van der Waals surface area contributed by atoms with Crippen LogP contribution in [-0.2, 0) is 13.0 Å². The maximum atomic E-state index is 5.08. The topological polar surface area (TPSA) is 103 Å². The highest BCUT2D eigenvalue weighted by molar-refractivity contribution is 5.90. The van der Waals surface area contributed by atoms with Crippen molar-refractivity contribution in [3.63, 3.8) is 0 Å². The average Bonchev–Trinajstić information content (AvgIpc) is 3.73. The normalized spacial score (nSPS) is 17.3. The summed E-state index contributed by atoms with van der Waals surface area (Å²) in [5, 5.41) is 0. The Hall–Kier alpha value is -4.44. The van der Waals surface area contributed by atoms with Crippen molar-refractivity contribution < 1.29 is 0 Å². The number of hydrogen-bond acceptors (Lipinski definition) is 8. The summed E-state index contributed by atoms with van der Waals surface area (Å²) < 4.78 is 2.01. The molecule has 0 radical (unpaired) electrons. The second kappa shape index (κ2) is 8.90. The lowest BCUT2D eigenvalue weighted by molar-refractivity contribution is 0.331. The number of nitrogens with zero attached hydrogens (tertiary/aromatic N) is 7. The van der Waals surface area contributed by atoms with Gasteiger partial charge in [-0.3, -0.25) is 24.8 Å². The summed E-state index contributed by atoms with van der Waals surface area (Å²) in [5.41, 5.74) is 13.3. The molecule has 10 heteroatoms. The Morgan fingerprint density at radius 2 is 1.95 bits per heavy atom. The molecule has 4 aromatic heterocycles. The number of allylic oxidation sites excluding steroid dienone is 2. The Labute approximate surface area is 214 Å². The molecule has 1 fully saturated rings. The maximum absolute atomic E-state index is 5.08. The van der Waals surface area contributed by atoms with Crippen molar-refractivity contribution in [3.8, 4) is 5.82 Å². The predicted octanol–water partition coefficient (Wildman–Crippen LogP) is 3.39. The molecular formula is C27H28N10. The highest BCUT2D eigenvalue weighted by Gasteiger charge is 2.30. The lowest BCUT2D eigenvalue weighted by Crippen LogP contribution is -2.28. The number of fused-ring (bicyclic) bond motifs is 2. The molecule has 0 aliphatic carbocycles. The lowest BCUT2D eigenvalue weighted by Gasteiger charge is -2.29. The molecule has 0 aromatic carbocycles. The smallest absolute Gasteiger partial charge is 0.213 e. The molecule has 3 aliphatic heterocycles. The summed E-state index contributed by atoms with van der Waals surface area (Å²) >= 11 is 0. The van der Waals surface area contributed by atoms with Gasteiger partial charge in [-0.15, -0.1) is 0 Å². The van der Waals surface area contributed by atoms with E-state index < -0.39 is 0 Å². The Morgan fingerprint density at radius 3 is 2.84 bits per heavy atom. The number of aromatic amines is 1. The SMILES string of the molecule is CCc1nccn1-c1nccc2[nH]c(N3C4=CNNC4=CC=C3c3cncc(CN4CCCC4)c3)nc12. The van der Waals surface area contributed by atoms with Gasteiger partial charge >= 0.3 is 0 Å². The molecule has 0 unspecified atom stereocenters. The van der Waals surface area contributed by atoms with Gasteiger partial charge in [0.25, 0.3) is 0 Å². The number of rotatable bonds is 6. The van der Waals surface area contributed by atoms with E-state index in [0.717, 1.165) is 71.4 Å². The van der Waals surface area contributed by atoms with E-state index in [9.17, 15) is 0 Å². The van der Waals surface area contributed by atoms with Crippen LogP contribution in [0.3, 0.4) is 0 Å². The molecule has 0 saturated carbocycles. The summed E-state index contributed by atoms with van der Waals surface area (Å²) in [7, 11) is 0. The fraction of sp³-hybridized carbons (Fsp3) is 0.259. The van der Waals surface area contributed by atoms with Crippen LogP contribution in [0.1, 0.15) is 36.7 Å². The van der Waals surface area contributed by atoms with Crippen LogP contribution >= 0.6 is 0 Å². The van der Waals surface area contributed by atoms with Gasteiger partial charge < -0.3 is 10.4 Å². The molecule has 3 aliphatic rings. The van der Waals surface area contributed by atoms with Crippen molar-refractivity contribution in [1.82, 2.24) is 45.2 Å². The summed E-state index contributed by atoms with van der Waals surface area (Å²) in [6, 6.07) is 4.20. The number of imidazole rings is 2. The molecule has 0 spiro atoms. The zero-order valence-electron chi connectivity index (χ0n) is 20.6. The number of nitrogens with one attached hydrogen (secondary N) is 3. The first kappa shape index (κ1) is 21.8. The molecule has 0 amide bonds. The Balaban J connectivity index is 1.32. The average molecular weight is 493 g/mol. The minimum atomic E-state index is 0.709. The van der Waals surface area contributed by atoms with Gasteiger partial charge in [-0.05, 0) is 55.8 Å². The quantitative estimate of drug-likeness (QED) is 0.376. The van der Waals surface area contributed by atoms with Crippen LogP contribution in [0.2, 0.25) is 0 Å². The summed E-state index contributed by atoms with van der Waals surface area (Å²) in [6.07, 6.45) is 19.0. The molecule has 0 atom stereocenters. The van der Waals surface area contributed by atoms with Gasteiger partial charge in [0.05, 0.1) is 22.6 Å². The highest BCUT2D eigenvalue weighted by atomic mass is 15.4. The van der Waals surface area contributed by atoms with E-state index in [4.69, 9.17) is 4.98 Å². The van der Waals surface area contributed by atoms with Gasteiger partial charge in [0.15, 0.2) is 5.82 Å². The minimum absolute atomic E-state index is 0.709. The van der Waals surface area contributed by atoms with Gasteiger partial charge in [0.2, 0.25) is 5.95 Å². The first-order valence-corrected chi connectivity index (χ1v) is 12.8. The third-order valence-electron chi connectivity index (χ3n) is 7.12. The van der Waals surface area contributed by atoms with Gasteiger partial charge in [-0.25, -0.2) is 15.0 Å². The van der Waals surface area contributed by atoms with Crippen LogP contribution in [0, 0.1) is 0 Å². The molecule has 7 heterocycles. The van der Waals surface area contributed by atoms with Crippen molar-refractivity contribution >= 4 is 22.7 Å². The van der Waals surface area contributed by atoms with Crippen LogP contribution in [0.5, 0.6) is 0 Å². The largest absolute Gasteiger partial charge is 0.323 e. The molecule has 37 heavy (non-hydrogen) atoms. The summed E-state index contributed by atoms with van der Waals surface area (Å²) in [6.45, 7) is 5.32. The van der Waals surface area contributed by atoms with E-state index in [1.807, 2.05) is 35.4 Å². The molecule has 7 rings (SSSR count). The number of hydrogen-bond donors (Lipinski definition) is 3. The van der Waals surface area contributed by atoms with E-state index in [0.29, 0.717) is 5.95 Å². The third kappa shape index (κ3) is 3.77. The van der Waals surface area contributed by atoms with Crippen molar-refractivity contribution in [1.29, 1.82) is 0 Å². The first-order valence-electron chi connectivity index (χ1n) is 12.8. The molecule has 3 N–H and O–H groups in total. The molecule has 0 bridgehead atoms. The monoisotopic (exact) mass is 492 g/mol. The van der Waals surface area contributed by atoms with Crippen LogP contribution < -0.4 is 15.8 Å². The summed E-state index contributed by atoms with van der Waals surface area (Å²) in [4.78, 5) is 27.0. The zero-order chi connectivity index (χ0) is 24.8. The first-order chi connectivity index (χ1) is 18.3. The fourth-order valence-corrected chi connectivity index (χ4v) is 5.35.